The lowest BCUT2D eigenvalue weighted by molar-refractivity contribution is 0.174. The monoisotopic (exact) mass is 328 g/mol. The molecule has 0 radical (unpaired) electrons. The Morgan fingerprint density at radius 3 is 2.86 bits per heavy atom. The summed E-state index contributed by atoms with van der Waals surface area (Å²) >= 11 is 12.4. The average molecular weight is 329 g/mol. The number of likely N-dealkylation sites (N-methyl/N-ethyl adjacent to an activating group) is 1. The maximum absolute atomic E-state index is 6.25. The van der Waals surface area contributed by atoms with Crippen molar-refractivity contribution >= 4 is 28.4 Å². The molecule has 5 nitrogen and oxygen atoms in total. The summed E-state index contributed by atoms with van der Waals surface area (Å²) < 4.78 is 15.8. The molecule has 0 fully saturated rings. The molecule has 0 N–H and O–H groups in total. The molecule has 1 aromatic rings. The number of methoxy groups -OCH3 is 1. The largest absolute Gasteiger partial charge is 0.491 e. The van der Waals surface area contributed by atoms with Crippen LogP contribution in [-0.2, 0) is 11.2 Å². The molecule has 0 saturated heterocycles. The van der Waals surface area contributed by atoms with Gasteiger partial charge in [-0.15, -0.1) is 0 Å². The number of ether oxygens (including phenoxy) is 3. The van der Waals surface area contributed by atoms with Gasteiger partial charge < -0.3 is 19.1 Å². The van der Waals surface area contributed by atoms with Gasteiger partial charge in [-0.25, -0.2) is 4.99 Å². The lowest BCUT2D eigenvalue weighted by Crippen LogP contribution is -2.35. The summed E-state index contributed by atoms with van der Waals surface area (Å²) in [5.41, 5.74) is 1.06. The second-order valence-electron chi connectivity index (χ2n) is 4.73. The minimum Gasteiger partial charge on any atom is -0.491 e. The molecule has 0 spiro atoms. The zero-order chi connectivity index (χ0) is 15.0. The third-order valence-electron chi connectivity index (χ3n) is 3.45. The smallest absolute Gasteiger partial charge is 0.231 e. The van der Waals surface area contributed by atoms with E-state index in [1.165, 1.54) is 7.11 Å². The van der Waals surface area contributed by atoms with Gasteiger partial charge in [0.2, 0.25) is 6.79 Å². The van der Waals surface area contributed by atoms with E-state index in [9.17, 15) is 0 Å². The zero-order valence-electron chi connectivity index (χ0n) is 11.6. The number of hydrogen-bond acceptors (Lipinski definition) is 5. The Bertz CT molecular complexity index is 631. The van der Waals surface area contributed by atoms with Crippen LogP contribution in [-0.4, -0.2) is 37.2 Å². The third kappa shape index (κ3) is 2.63. The molecule has 7 heteroatoms. The van der Waals surface area contributed by atoms with Crippen LogP contribution >= 0.6 is 23.2 Å². The van der Waals surface area contributed by atoms with Crippen molar-refractivity contribution in [3.05, 3.63) is 34.7 Å². The second kappa shape index (κ2) is 5.66. The van der Waals surface area contributed by atoms with E-state index in [0.29, 0.717) is 17.3 Å². The molecular formula is C14H14Cl2N2O3. The normalized spacial score (nSPS) is 20.7. The van der Waals surface area contributed by atoms with Crippen molar-refractivity contribution in [1.29, 1.82) is 0 Å². The third-order valence-corrected chi connectivity index (χ3v) is 4.16. The van der Waals surface area contributed by atoms with Crippen LogP contribution in [0.1, 0.15) is 5.56 Å². The number of rotatable bonds is 3. The predicted molar refractivity (Wildman–Crippen MR) is 81.0 cm³/mol. The first-order chi connectivity index (χ1) is 10.1. The van der Waals surface area contributed by atoms with Crippen LogP contribution in [0.2, 0.25) is 0 Å². The summed E-state index contributed by atoms with van der Waals surface area (Å²) in [6, 6.07) is 5.82. The van der Waals surface area contributed by atoms with Crippen molar-refractivity contribution in [1.82, 2.24) is 4.90 Å². The van der Waals surface area contributed by atoms with Gasteiger partial charge in [0.05, 0.1) is 7.11 Å². The Labute approximate surface area is 132 Å². The Hall–Kier alpha value is -1.59. The first-order valence-corrected chi connectivity index (χ1v) is 7.14. The first kappa shape index (κ1) is 14.4. The Morgan fingerprint density at radius 1 is 1.33 bits per heavy atom. The van der Waals surface area contributed by atoms with Gasteiger partial charge in [-0.3, -0.25) is 0 Å². The fourth-order valence-corrected chi connectivity index (χ4v) is 2.89. The van der Waals surface area contributed by atoms with E-state index in [2.05, 4.69) is 4.99 Å². The maximum atomic E-state index is 6.25. The molecular weight excluding hydrogens is 315 g/mol. The molecule has 2 aliphatic heterocycles. The zero-order valence-corrected chi connectivity index (χ0v) is 13.1. The van der Waals surface area contributed by atoms with Gasteiger partial charge in [0.25, 0.3) is 0 Å². The van der Waals surface area contributed by atoms with E-state index < -0.39 is 0 Å². The molecule has 1 aromatic carbocycles. The predicted octanol–water partition coefficient (Wildman–Crippen LogP) is 2.92. The summed E-state index contributed by atoms with van der Waals surface area (Å²) in [5, 5.41) is 0.731. The Balaban J connectivity index is 1.81. The molecule has 112 valence electrons. The van der Waals surface area contributed by atoms with Gasteiger partial charge in [-0.2, -0.15) is 0 Å². The minimum atomic E-state index is -0.190. The fourth-order valence-electron chi connectivity index (χ4n) is 2.28. The lowest BCUT2D eigenvalue weighted by Gasteiger charge is -2.31. The van der Waals surface area contributed by atoms with Crippen LogP contribution in [0.4, 0.5) is 0 Å². The van der Waals surface area contributed by atoms with Crippen molar-refractivity contribution in [3.63, 3.8) is 0 Å². The maximum Gasteiger partial charge on any atom is 0.231 e. The summed E-state index contributed by atoms with van der Waals surface area (Å²) in [6.45, 7) is 0.262. The summed E-state index contributed by atoms with van der Waals surface area (Å²) in [5.74, 6) is 1.90. The highest BCUT2D eigenvalue weighted by Gasteiger charge is 2.27. The highest BCUT2D eigenvalue weighted by atomic mass is 35.5. The molecule has 0 saturated carbocycles. The fraction of sp³-hybridized carbons (Fsp3) is 0.357. The van der Waals surface area contributed by atoms with Gasteiger partial charge in [0, 0.05) is 13.5 Å². The van der Waals surface area contributed by atoms with Gasteiger partial charge in [0.15, 0.2) is 27.6 Å². The van der Waals surface area contributed by atoms with E-state index in [4.69, 9.17) is 37.4 Å². The summed E-state index contributed by atoms with van der Waals surface area (Å²) in [4.78, 5) is 6.25. The van der Waals surface area contributed by atoms with Crippen LogP contribution in [0.3, 0.4) is 0 Å². The molecule has 1 unspecified atom stereocenters. The lowest BCUT2D eigenvalue weighted by atomic mass is 10.1. The SMILES string of the molecule is COC1=C(Cl)N(C)C(Cc2ccc3c(c2)OCO3)N=C1Cl. The Kier molecular flexibility index (Phi) is 3.87. The van der Waals surface area contributed by atoms with Crippen molar-refractivity contribution in [2.45, 2.75) is 12.6 Å². The number of nitrogens with zero attached hydrogens (tertiary/aromatic N) is 2. The number of fused-ring (bicyclic) bond motifs is 1. The van der Waals surface area contributed by atoms with Crippen molar-refractivity contribution in [2.75, 3.05) is 21.0 Å². The van der Waals surface area contributed by atoms with Crippen molar-refractivity contribution in [2.24, 2.45) is 4.99 Å². The van der Waals surface area contributed by atoms with Gasteiger partial charge in [0.1, 0.15) is 6.17 Å². The van der Waals surface area contributed by atoms with Crippen LogP contribution in [0, 0.1) is 0 Å². The molecule has 0 aliphatic carbocycles. The van der Waals surface area contributed by atoms with E-state index >= 15 is 0 Å². The molecule has 0 amide bonds. The van der Waals surface area contributed by atoms with Crippen LogP contribution in [0.15, 0.2) is 34.1 Å². The van der Waals surface area contributed by atoms with Crippen LogP contribution < -0.4 is 9.47 Å². The summed E-state index contributed by atoms with van der Waals surface area (Å²) in [6.07, 6.45) is 0.459. The van der Waals surface area contributed by atoms with Crippen molar-refractivity contribution < 1.29 is 14.2 Å². The van der Waals surface area contributed by atoms with Crippen LogP contribution in [0.5, 0.6) is 11.5 Å². The Morgan fingerprint density at radius 2 is 2.10 bits per heavy atom. The highest BCUT2D eigenvalue weighted by Crippen LogP contribution is 2.34. The first-order valence-electron chi connectivity index (χ1n) is 6.39. The molecule has 2 aliphatic rings. The molecule has 2 heterocycles. The molecule has 3 rings (SSSR count). The van der Waals surface area contributed by atoms with Crippen LogP contribution in [0.25, 0.3) is 0 Å². The van der Waals surface area contributed by atoms with E-state index in [1.54, 1.807) is 0 Å². The van der Waals surface area contributed by atoms with Gasteiger partial charge in [-0.1, -0.05) is 29.3 Å². The number of benzene rings is 1. The van der Waals surface area contributed by atoms with Crippen molar-refractivity contribution in [3.8, 4) is 11.5 Å². The average Bonchev–Trinajstić information content (AvgIpc) is 2.92. The van der Waals surface area contributed by atoms with E-state index in [1.807, 2.05) is 30.1 Å². The van der Waals surface area contributed by atoms with Gasteiger partial charge in [-0.05, 0) is 17.7 Å². The molecule has 0 aromatic heterocycles. The summed E-state index contributed by atoms with van der Waals surface area (Å²) in [7, 11) is 3.37. The standard InChI is InChI=1S/C14H14Cl2N2O3/c1-18-11(17-13(15)12(19-2)14(18)16)6-8-3-4-9-10(5-8)21-7-20-9/h3-5,11H,6-7H2,1-2H3. The number of hydrogen-bond donors (Lipinski definition) is 0. The number of allylic oxidation sites excluding steroid dienone is 1. The van der Waals surface area contributed by atoms with E-state index in [-0.39, 0.29) is 18.1 Å². The van der Waals surface area contributed by atoms with Gasteiger partial charge >= 0.3 is 0 Å². The topological polar surface area (TPSA) is 43.3 Å². The molecule has 0 bridgehead atoms. The highest BCUT2D eigenvalue weighted by molar-refractivity contribution is 6.70. The van der Waals surface area contributed by atoms with E-state index in [0.717, 1.165) is 17.1 Å². The molecule has 21 heavy (non-hydrogen) atoms. The second-order valence-corrected chi connectivity index (χ2v) is 5.44. The quantitative estimate of drug-likeness (QED) is 0.800. The number of aliphatic imine (C=N–C) groups is 1. The molecule has 1 atom stereocenters. The minimum absolute atomic E-state index is 0.190. The number of halogens is 2.